The van der Waals surface area contributed by atoms with Crippen LogP contribution in [0.3, 0.4) is 0 Å². The molecule has 0 aliphatic rings. The van der Waals surface area contributed by atoms with Crippen LogP contribution in [0.15, 0.2) is 28.0 Å². The predicted octanol–water partition coefficient (Wildman–Crippen LogP) is 1.68. The molecule has 0 aliphatic carbocycles. The van der Waals surface area contributed by atoms with Crippen LogP contribution in [0.5, 0.6) is 0 Å². The number of hydrogen-bond acceptors (Lipinski definition) is 4. The first-order valence-corrected chi connectivity index (χ1v) is 7.44. The Kier molecular flexibility index (Phi) is 4.64. The third-order valence-corrected chi connectivity index (χ3v) is 4.85. The van der Waals surface area contributed by atoms with Gasteiger partial charge < -0.3 is 5.73 Å². The normalized spacial score (nSPS) is 11.6. The molecule has 0 amide bonds. The van der Waals surface area contributed by atoms with E-state index in [9.17, 15) is 8.42 Å². The van der Waals surface area contributed by atoms with Crippen molar-refractivity contribution in [1.82, 2.24) is 4.72 Å². The van der Waals surface area contributed by atoms with E-state index in [0.717, 1.165) is 17.1 Å². The van der Waals surface area contributed by atoms with Crippen LogP contribution >= 0.6 is 11.8 Å². The summed E-state index contributed by atoms with van der Waals surface area (Å²) in [5.41, 5.74) is 6.06. The molecule has 1 rings (SSSR count). The van der Waals surface area contributed by atoms with E-state index >= 15 is 0 Å². The largest absolute Gasteiger partial charge is 0.399 e. The molecule has 6 heteroatoms. The van der Waals surface area contributed by atoms with E-state index in [1.807, 2.05) is 0 Å². The number of nitrogen functional groups attached to an aromatic ring is 1. The maximum absolute atomic E-state index is 11.8. The SMILES string of the molecule is CCCSc1ccc(N)cc1S(=O)(=O)NC. The maximum atomic E-state index is 11.8. The molecule has 3 N–H and O–H groups in total. The summed E-state index contributed by atoms with van der Waals surface area (Å²) in [6.45, 7) is 2.05. The van der Waals surface area contributed by atoms with Gasteiger partial charge in [0.05, 0.1) is 4.90 Å². The molecular weight excluding hydrogens is 244 g/mol. The van der Waals surface area contributed by atoms with Crippen molar-refractivity contribution in [2.24, 2.45) is 0 Å². The van der Waals surface area contributed by atoms with E-state index in [4.69, 9.17) is 5.73 Å². The second-order valence-electron chi connectivity index (χ2n) is 3.26. The van der Waals surface area contributed by atoms with E-state index < -0.39 is 10.0 Å². The third-order valence-electron chi connectivity index (χ3n) is 1.99. The number of nitrogens with two attached hydrogens (primary N) is 1. The molecular formula is C10H16N2O2S2. The lowest BCUT2D eigenvalue weighted by atomic mass is 10.3. The Bertz CT molecular complexity index is 458. The van der Waals surface area contributed by atoms with Crippen LogP contribution in [0.1, 0.15) is 13.3 Å². The van der Waals surface area contributed by atoms with Crippen LogP contribution in [-0.4, -0.2) is 21.2 Å². The van der Waals surface area contributed by atoms with E-state index in [-0.39, 0.29) is 4.90 Å². The Morgan fingerprint density at radius 3 is 2.69 bits per heavy atom. The van der Waals surface area contributed by atoms with Gasteiger partial charge in [-0.05, 0) is 37.4 Å². The van der Waals surface area contributed by atoms with Gasteiger partial charge in [0.15, 0.2) is 0 Å². The number of hydrogen-bond donors (Lipinski definition) is 2. The molecule has 0 radical (unpaired) electrons. The Morgan fingerprint density at radius 1 is 1.44 bits per heavy atom. The van der Waals surface area contributed by atoms with Crippen LogP contribution in [0, 0.1) is 0 Å². The van der Waals surface area contributed by atoms with Crippen molar-refractivity contribution >= 4 is 27.5 Å². The van der Waals surface area contributed by atoms with Crippen LogP contribution in [0.25, 0.3) is 0 Å². The second kappa shape index (κ2) is 5.56. The number of thioether (sulfide) groups is 1. The zero-order chi connectivity index (χ0) is 12.2. The van der Waals surface area contributed by atoms with Gasteiger partial charge in [-0.15, -0.1) is 11.8 Å². The van der Waals surface area contributed by atoms with E-state index in [2.05, 4.69) is 11.6 Å². The van der Waals surface area contributed by atoms with Crippen molar-refractivity contribution < 1.29 is 8.42 Å². The number of benzene rings is 1. The topological polar surface area (TPSA) is 72.2 Å². The van der Waals surface area contributed by atoms with Crippen LogP contribution in [0.2, 0.25) is 0 Å². The molecule has 0 bridgehead atoms. The smallest absolute Gasteiger partial charge is 0.241 e. The molecule has 16 heavy (non-hydrogen) atoms. The average molecular weight is 260 g/mol. The van der Waals surface area contributed by atoms with Gasteiger partial charge in [-0.3, -0.25) is 0 Å². The van der Waals surface area contributed by atoms with Gasteiger partial charge in [0.1, 0.15) is 0 Å². The third kappa shape index (κ3) is 3.13. The van der Waals surface area contributed by atoms with Crippen LogP contribution in [-0.2, 0) is 10.0 Å². The molecule has 1 aromatic carbocycles. The van der Waals surface area contributed by atoms with Crippen molar-refractivity contribution in [2.45, 2.75) is 23.1 Å². The lowest BCUT2D eigenvalue weighted by Gasteiger charge is -2.09. The first-order chi connectivity index (χ1) is 7.51. The number of nitrogens with one attached hydrogen (secondary N) is 1. The first kappa shape index (κ1) is 13.3. The van der Waals surface area contributed by atoms with Crippen molar-refractivity contribution in [3.63, 3.8) is 0 Å². The molecule has 0 spiro atoms. The van der Waals surface area contributed by atoms with Crippen molar-refractivity contribution in [3.8, 4) is 0 Å². The zero-order valence-electron chi connectivity index (χ0n) is 9.36. The van der Waals surface area contributed by atoms with E-state index in [0.29, 0.717) is 5.69 Å². The lowest BCUT2D eigenvalue weighted by Crippen LogP contribution is -2.19. The molecule has 1 aromatic rings. The highest BCUT2D eigenvalue weighted by Gasteiger charge is 2.16. The molecule has 4 nitrogen and oxygen atoms in total. The zero-order valence-corrected chi connectivity index (χ0v) is 11.0. The molecule has 0 atom stereocenters. The van der Waals surface area contributed by atoms with Gasteiger partial charge in [-0.1, -0.05) is 6.92 Å². The fourth-order valence-corrected chi connectivity index (χ4v) is 3.32. The van der Waals surface area contributed by atoms with Crippen LogP contribution in [0.4, 0.5) is 5.69 Å². The fourth-order valence-electron chi connectivity index (χ4n) is 1.18. The van der Waals surface area contributed by atoms with E-state index in [1.165, 1.54) is 24.9 Å². The van der Waals surface area contributed by atoms with Crippen molar-refractivity contribution in [2.75, 3.05) is 18.5 Å². The average Bonchev–Trinajstić information content (AvgIpc) is 2.27. The highest BCUT2D eigenvalue weighted by atomic mass is 32.2. The summed E-state index contributed by atoms with van der Waals surface area (Å²) in [5.74, 6) is 0.885. The summed E-state index contributed by atoms with van der Waals surface area (Å²) in [6, 6.07) is 4.95. The minimum Gasteiger partial charge on any atom is -0.399 e. The first-order valence-electron chi connectivity index (χ1n) is 4.97. The Balaban J connectivity index is 3.18. The Hall–Kier alpha value is -0.720. The second-order valence-corrected chi connectivity index (χ2v) is 6.25. The van der Waals surface area contributed by atoms with E-state index in [1.54, 1.807) is 12.1 Å². The van der Waals surface area contributed by atoms with Gasteiger partial charge in [0.2, 0.25) is 10.0 Å². The summed E-state index contributed by atoms with van der Waals surface area (Å²) >= 11 is 1.52. The maximum Gasteiger partial charge on any atom is 0.241 e. The summed E-state index contributed by atoms with van der Waals surface area (Å²) in [4.78, 5) is 0.999. The number of sulfonamides is 1. The summed E-state index contributed by atoms with van der Waals surface area (Å²) in [6.07, 6.45) is 0.994. The van der Waals surface area contributed by atoms with Crippen molar-refractivity contribution in [1.29, 1.82) is 0 Å². The Labute approximate surface area is 101 Å². The lowest BCUT2D eigenvalue weighted by molar-refractivity contribution is 0.586. The quantitative estimate of drug-likeness (QED) is 0.624. The summed E-state index contributed by atoms with van der Waals surface area (Å²) in [5, 5.41) is 0. The number of rotatable bonds is 5. The van der Waals surface area contributed by atoms with Gasteiger partial charge in [0, 0.05) is 10.6 Å². The highest BCUT2D eigenvalue weighted by molar-refractivity contribution is 8.00. The number of anilines is 1. The molecule has 0 saturated heterocycles. The summed E-state index contributed by atoms with van der Waals surface area (Å²) < 4.78 is 25.8. The van der Waals surface area contributed by atoms with Crippen molar-refractivity contribution in [3.05, 3.63) is 18.2 Å². The minimum atomic E-state index is -3.43. The summed E-state index contributed by atoms with van der Waals surface area (Å²) in [7, 11) is -2.04. The van der Waals surface area contributed by atoms with Gasteiger partial charge in [-0.25, -0.2) is 13.1 Å². The van der Waals surface area contributed by atoms with Crippen LogP contribution < -0.4 is 10.5 Å². The predicted molar refractivity (Wildman–Crippen MR) is 68.1 cm³/mol. The molecule has 0 saturated carbocycles. The standard InChI is InChI=1S/C10H16N2O2S2/c1-3-6-15-9-5-4-8(11)7-10(9)16(13,14)12-2/h4-5,7,12H,3,6,11H2,1-2H3. The highest BCUT2D eigenvalue weighted by Crippen LogP contribution is 2.28. The fraction of sp³-hybridized carbons (Fsp3) is 0.400. The Morgan fingerprint density at radius 2 is 2.12 bits per heavy atom. The molecule has 0 heterocycles. The van der Waals surface area contributed by atoms with Gasteiger partial charge in [-0.2, -0.15) is 0 Å². The van der Waals surface area contributed by atoms with Gasteiger partial charge in [0.25, 0.3) is 0 Å². The van der Waals surface area contributed by atoms with Gasteiger partial charge >= 0.3 is 0 Å². The molecule has 90 valence electrons. The monoisotopic (exact) mass is 260 g/mol. The minimum absolute atomic E-state index is 0.258. The molecule has 0 aliphatic heterocycles. The molecule has 0 fully saturated rings. The molecule has 0 unspecified atom stereocenters. The molecule has 0 aromatic heterocycles.